The third-order valence-corrected chi connectivity index (χ3v) is 4.53. The summed E-state index contributed by atoms with van der Waals surface area (Å²) in [7, 11) is 1.78. The van der Waals surface area contributed by atoms with Crippen molar-refractivity contribution in [3.8, 4) is 0 Å². The summed E-state index contributed by atoms with van der Waals surface area (Å²) in [5.74, 6) is -0.137. The molecule has 98 valence electrons. The first kappa shape index (κ1) is 16.0. The first-order valence-corrected chi connectivity index (χ1v) is 8.71. The monoisotopic (exact) mass is 270 g/mol. The molecule has 0 radical (unpaired) electrons. The molecule has 0 amide bonds. The van der Waals surface area contributed by atoms with Crippen molar-refractivity contribution in [3.63, 3.8) is 0 Å². The van der Waals surface area contributed by atoms with Crippen LogP contribution in [0, 0.1) is 0 Å². The van der Waals surface area contributed by atoms with Crippen LogP contribution in [0.4, 0.5) is 0 Å². The fraction of sp³-hybridized carbons (Fsp3) is 1.00. The Balaban J connectivity index is 3.70. The first-order valence-electron chi connectivity index (χ1n) is 5.53. The molecular formula is C9H24NO4SSi+. The maximum atomic E-state index is 10.6. The molecule has 0 fully saturated rings. The van der Waals surface area contributed by atoms with Gasteiger partial charge in [0.2, 0.25) is 0 Å². The second-order valence-corrected chi connectivity index (χ2v) is 7.99. The summed E-state index contributed by atoms with van der Waals surface area (Å²) in [4.78, 5) is 0. The maximum absolute atomic E-state index is 10.6. The summed E-state index contributed by atoms with van der Waals surface area (Å²) in [6, 6.07) is 1.16. The van der Waals surface area contributed by atoms with E-state index in [9.17, 15) is 8.42 Å². The second kappa shape index (κ2) is 7.39. The maximum Gasteiger partial charge on any atom is 0.265 e. The smallest absolute Gasteiger partial charge is 0.265 e. The predicted octanol–water partition coefficient (Wildman–Crippen LogP) is -0.121. The van der Waals surface area contributed by atoms with Crippen molar-refractivity contribution in [1.82, 2.24) is 0 Å². The zero-order chi connectivity index (χ0) is 12.7. The first-order chi connectivity index (χ1) is 7.27. The van der Waals surface area contributed by atoms with Gasteiger partial charge in [-0.25, -0.2) is 0 Å². The average molecular weight is 270 g/mol. The molecule has 16 heavy (non-hydrogen) atoms. The largest absolute Gasteiger partial charge is 0.427 e. The summed E-state index contributed by atoms with van der Waals surface area (Å²) in [6.45, 7) is 1.80. The standard InChI is InChI=1S/C9H23NO4SSi/c1-10(2,7-5-9-16-14-3)6-4-8-15(11,12)13/h4-9,16H2,1-3H3/p+1. The van der Waals surface area contributed by atoms with Crippen LogP contribution in [0.3, 0.4) is 0 Å². The van der Waals surface area contributed by atoms with E-state index in [1.165, 1.54) is 0 Å². The molecule has 0 aliphatic rings. The molecule has 0 rings (SSSR count). The molecule has 0 aromatic heterocycles. The van der Waals surface area contributed by atoms with Crippen molar-refractivity contribution in [2.75, 3.05) is 40.0 Å². The molecule has 1 N–H and O–H groups in total. The SMILES string of the molecule is CO[SiH2]CCC[N+](C)(C)CCCS(=O)(=O)O. The zero-order valence-corrected chi connectivity index (χ0v) is 12.7. The summed E-state index contributed by atoms with van der Waals surface area (Å²) in [5, 5.41) is 0. The average Bonchev–Trinajstić information content (AvgIpc) is 2.10. The highest BCUT2D eigenvalue weighted by molar-refractivity contribution is 7.85. The van der Waals surface area contributed by atoms with Crippen molar-refractivity contribution in [3.05, 3.63) is 0 Å². The molecule has 7 heteroatoms. The second-order valence-electron chi connectivity index (χ2n) is 4.72. The van der Waals surface area contributed by atoms with Crippen LogP contribution in [0.1, 0.15) is 12.8 Å². The fourth-order valence-corrected chi connectivity index (χ4v) is 2.78. The molecule has 0 unspecified atom stereocenters. The lowest BCUT2D eigenvalue weighted by Crippen LogP contribution is -2.41. The lowest BCUT2D eigenvalue weighted by molar-refractivity contribution is -0.890. The van der Waals surface area contributed by atoms with Gasteiger partial charge in [-0.2, -0.15) is 8.42 Å². The molecule has 0 aromatic carbocycles. The molecule has 0 saturated carbocycles. The van der Waals surface area contributed by atoms with Crippen LogP contribution in [-0.4, -0.2) is 67.3 Å². The fourth-order valence-electron chi connectivity index (χ4n) is 1.57. The third-order valence-electron chi connectivity index (χ3n) is 2.53. The van der Waals surface area contributed by atoms with Crippen LogP contribution in [0.25, 0.3) is 0 Å². The Kier molecular flexibility index (Phi) is 7.41. The van der Waals surface area contributed by atoms with E-state index in [1.54, 1.807) is 7.11 Å². The van der Waals surface area contributed by atoms with Gasteiger partial charge >= 0.3 is 0 Å². The zero-order valence-electron chi connectivity index (χ0n) is 10.5. The molecule has 0 aliphatic carbocycles. The Labute approximate surface area is 101 Å². The highest BCUT2D eigenvalue weighted by Gasteiger charge is 2.15. The van der Waals surface area contributed by atoms with Gasteiger partial charge in [0.1, 0.15) is 0 Å². The summed E-state index contributed by atoms with van der Waals surface area (Å²) >= 11 is 0. The van der Waals surface area contributed by atoms with E-state index in [0.717, 1.165) is 30.0 Å². The molecule has 0 aliphatic heterocycles. The Bertz CT molecular complexity index is 279. The van der Waals surface area contributed by atoms with Gasteiger partial charge in [-0.15, -0.1) is 0 Å². The van der Waals surface area contributed by atoms with Gasteiger partial charge in [-0.1, -0.05) is 0 Å². The number of quaternary nitrogens is 1. The van der Waals surface area contributed by atoms with Gasteiger partial charge in [0.15, 0.2) is 9.76 Å². The van der Waals surface area contributed by atoms with Crippen LogP contribution in [0.2, 0.25) is 6.04 Å². The van der Waals surface area contributed by atoms with Gasteiger partial charge in [-0.05, 0) is 12.5 Å². The van der Waals surface area contributed by atoms with E-state index in [0.29, 0.717) is 6.42 Å². The highest BCUT2D eigenvalue weighted by Crippen LogP contribution is 2.04. The molecule has 0 saturated heterocycles. The van der Waals surface area contributed by atoms with Gasteiger partial charge < -0.3 is 8.91 Å². The van der Waals surface area contributed by atoms with Crippen molar-refractivity contribution < 1.29 is 21.9 Å². The van der Waals surface area contributed by atoms with E-state index in [4.69, 9.17) is 8.98 Å². The van der Waals surface area contributed by atoms with Crippen LogP contribution in [0.15, 0.2) is 0 Å². The molecule has 5 nitrogen and oxygen atoms in total. The van der Waals surface area contributed by atoms with E-state index in [2.05, 4.69) is 14.1 Å². The minimum atomic E-state index is -3.80. The van der Waals surface area contributed by atoms with Gasteiger partial charge in [0.25, 0.3) is 10.1 Å². The van der Waals surface area contributed by atoms with E-state index >= 15 is 0 Å². The number of nitrogens with zero attached hydrogens (tertiary/aromatic N) is 1. The molecule has 0 bridgehead atoms. The quantitative estimate of drug-likeness (QED) is 0.275. The summed E-state index contributed by atoms with van der Waals surface area (Å²) in [5.41, 5.74) is 0. The van der Waals surface area contributed by atoms with Crippen LogP contribution in [-0.2, 0) is 14.5 Å². The Morgan fingerprint density at radius 1 is 1.25 bits per heavy atom. The van der Waals surface area contributed by atoms with Crippen molar-refractivity contribution in [1.29, 1.82) is 0 Å². The third kappa shape index (κ3) is 10.6. The van der Waals surface area contributed by atoms with E-state index in [1.807, 2.05) is 0 Å². The van der Waals surface area contributed by atoms with Crippen LogP contribution < -0.4 is 0 Å². The molecule has 0 aromatic rings. The van der Waals surface area contributed by atoms with E-state index < -0.39 is 10.1 Å². The normalized spacial score (nSPS) is 13.8. The van der Waals surface area contributed by atoms with Crippen molar-refractivity contribution >= 4 is 19.9 Å². The number of hydrogen-bond acceptors (Lipinski definition) is 3. The Morgan fingerprint density at radius 3 is 2.31 bits per heavy atom. The van der Waals surface area contributed by atoms with Crippen molar-refractivity contribution in [2.24, 2.45) is 0 Å². The Morgan fingerprint density at radius 2 is 1.81 bits per heavy atom. The van der Waals surface area contributed by atoms with Gasteiger partial charge in [0.05, 0.1) is 32.9 Å². The lowest BCUT2D eigenvalue weighted by Gasteiger charge is -2.29. The highest BCUT2D eigenvalue weighted by atomic mass is 32.2. The lowest BCUT2D eigenvalue weighted by atomic mass is 10.3. The minimum Gasteiger partial charge on any atom is -0.427 e. The van der Waals surface area contributed by atoms with Crippen LogP contribution in [0.5, 0.6) is 0 Å². The number of hydrogen-bond donors (Lipinski definition) is 1. The summed E-state index contributed by atoms with van der Waals surface area (Å²) < 4.78 is 35.6. The minimum absolute atomic E-state index is 0.137. The molecule has 0 atom stereocenters. The predicted molar refractivity (Wildman–Crippen MR) is 67.9 cm³/mol. The van der Waals surface area contributed by atoms with E-state index in [-0.39, 0.29) is 15.5 Å². The number of rotatable bonds is 9. The molecular weight excluding hydrogens is 246 g/mol. The summed E-state index contributed by atoms with van der Waals surface area (Å²) in [6.07, 6.45) is 1.63. The topological polar surface area (TPSA) is 63.6 Å². The Hall–Kier alpha value is 0.0469. The molecule has 0 heterocycles. The van der Waals surface area contributed by atoms with Crippen LogP contribution >= 0.6 is 0 Å². The van der Waals surface area contributed by atoms with Gasteiger partial charge in [0, 0.05) is 13.5 Å². The van der Waals surface area contributed by atoms with Gasteiger partial charge in [-0.3, -0.25) is 4.55 Å². The molecule has 0 spiro atoms. The van der Waals surface area contributed by atoms with Crippen molar-refractivity contribution in [2.45, 2.75) is 18.9 Å².